The van der Waals surface area contributed by atoms with Crippen molar-refractivity contribution in [2.24, 2.45) is 0 Å². The molecule has 1 atom stereocenters. The van der Waals surface area contributed by atoms with Gasteiger partial charge in [-0.1, -0.05) is 12.8 Å². The minimum absolute atomic E-state index is 0.0354. The van der Waals surface area contributed by atoms with Gasteiger partial charge in [0.15, 0.2) is 0 Å². The first kappa shape index (κ1) is 13.0. The van der Waals surface area contributed by atoms with E-state index in [0.717, 1.165) is 25.7 Å². The highest BCUT2D eigenvalue weighted by Gasteiger charge is 2.44. The van der Waals surface area contributed by atoms with Gasteiger partial charge in [0.25, 0.3) is 0 Å². The number of carbonyl (C=O) groups excluding carboxylic acids is 2. The van der Waals surface area contributed by atoms with Crippen molar-refractivity contribution in [3.05, 3.63) is 0 Å². The third-order valence-electron chi connectivity index (χ3n) is 3.77. The Balaban J connectivity index is 2.06. The molecule has 1 aliphatic carbocycles. The number of carbonyl (C=O) groups is 3. The predicted octanol–water partition coefficient (Wildman–Crippen LogP) is 0.0729. The first-order valence-electron chi connectivity index (χ1n) is 6.28. The fourth-order valence-corrected chi connectivity index (χ4v) is 2.85. The van der Waals surface area contributed by atoms with Gasteiger partial charge >= 0.3 is 5.97 Å². The summed E-state index contributed by atoms with van der Waals surface area (Å²) in [7, 11) is 1.57. The molecule has 1 aliphatic heterocycles. The van der Waals surface area contributed by atoms with Crippen molar-refractivity contribution in [2.75, 3.05) is 13.6 Å². The van der Waals surface area contributed by atoms with Crippen LogP contribution in [0.5, 0.6) is 0 Å². The number of hydrogen-bond donors (Lipinski definition) is 1. The number of aliphatic carboxylic acids is 1. The van der Waals surface area contributed by atoms with Crippen molar-refractivity contribution < 1.29 is 19.5 Å². The lowest BCUT2D eigenvalue weighted by molar-refractivity contribution is -0.142. The van der Waals surface area contributed by atoms with Gasteiger partial charge in [0.05, 0.1) is 19.0 Å². The molecule has 0 spiro atoms. The number of hydrogen-bond acceptors (Lipinski definition) is 4. The number of imide groups is 1. The molecule has 0 bridgehead atoms. The van der Waals surface area contributed by atoms with Crippen molar-refractivity contribution in [2.45, 2.75) is 44.2 Å². The van der Waals surface area contributed by atoms with Crippen LogP contribution in [0.3, 0.4) is 0 Å². The molecule has 1 saturated heterocycles. The van der Waals surface area contributed by atoms with E-state index in [0.29, 0.717) is 0 Å². The van der Waals surface area contributed by atoms with Crippen LogP contribution >= 0.6 is 0 Å². The van der Waals surface area contributed by atoms with Gasteiger partial charge in [0.1, 0.15) is 0 Å². The van der Waals surface area contributed by atoms with Crippen LogP contribution in [0.15, 0.2) is 0 Å². The Hall–Kier alpha value is -1.43. The highest BCUT2D eigenvalue weighted by Crippen LogP contribution is 2.29. The van der Waals surface area contributed by atoms with E-state index >= 15 is 0 Å². The van der Waals surface area contributed by atoms with Crippen LogP contribution in [0.2, 0.25) is 0 Å². The third kappa shape index (κ3) is 2.38. The normalized spacial score (nSPS) is 25.4. The van der Waals surface area contributed by atoms with Gasteiger partial charge in [-0.2, -0.15) is 0 Å². The van der Waals surface area contributed by atoms with Gasteiger partial charge < -0.3 is 5.11 Å². The Kier molecular flexibility index (Phi) is 3.65. The average molecular weight is 254 g/mol. The summed E-state index contributed by atoms with van der Waals surface area (Å²) in [6.07, 6.45) is 3.98. The van der Waals surface area contributed by atoms with Crippen molar-refractivity contribution in [3.8, 4) is 0 Å². The Morgan fingerprint density at radius 1 is 1.39 bits per heavy atom. The lowest BCUT2D eigenvalue weighted by Gasteiger charge is -2.24. The van der Waals surface area contributed by atoms with E-state index in [2.05, 4.69) is 0 Å². The fourth-order valence-electron chi connectivity index (χ4n) is 2.85. The lowest BCUT2D eigenvalue weighted by Crippen LogP contribution is -2.44. The van der Waals surface area contributed by atoms with E-state index in [1.165, 1.54) is 9.80 Å². The standard InChI is InChI=1S/C12H18N2O4/c1-13(7-11(16)17)9-6-10(15)14(12(9)18)8-4-2-3-5-8/h8-9H,2-7H2,1H3,(H,16,17). The van der Waals surface area contributed by atoms with E-state index in [9.17, 15) is 14.4 Å². The molecule has 0 aromatic rings. The van der Waals surface area contributed by atoms with Crippen LogP contribution in [0.25, 0.3) is 0 Å². The van der Waals surface area contributed by atoms with Gasteiger partial charge in [0.2, 0.25) is 11.8 Å². The lowest BCUT2D eigenvalue weighted by atomic mass is 10.2. The largest absolute Gasteiger partial charge is 0.480 e. The summed E-state index contributed by atoms with van der Waals surface area (Å²) in [5, 5.41) is 8.72. The Labute approximate surface area is 106 Å². The number of nitrogens with zero attached hydrogens (tertiary/aromatic N) is 2. The smallest absolute Gasteiger partial charge is 0.317 e. The molecule has 0 aromatic heterocycles. The molecule has 0 aromatic carbocycles. The SMILES string of the molecule is CN(CC(=O)O)C1CC(=O)N(C2CCCC2)C1=O. The highest BCUT2D eigenvalue weighted by atomic mass is 16.4. The molecule has 1 saturated carbocycles. The van der Waals surface area contributed by atoms with Crippen molar-refractivity contribution in [1.82, 2.24) is 9.80 Å². The fraction of sp³-hybridized carbons (Fsp3) is 0.750. The van der Waals surface area contributed by atoms with Crippen LogP contribution in [0.4, 0.5) is 0 Å². The predicted molar refractivity (Wildman–Crippen MR) is 62.8 cm³/mol. The summed E-state index contributed by atoms with van der Waals surface area (Å²) >= 11 is 0. The second-order valence-electron chi connectivity index (χ2n) is 5.07. The first-order valence-corrected chi connectivity index (χ1v) is 6.28. The third-order valence-corrected chi connectivity index (χ3v) is 3.77. The molecule has 6 heteroatoms. The van der Waals surface area contributed by atoms with Gasteiger partial charge in [-0.25, -0.2) is 0 Å². The Morgan fingerprint density at radius 2 is 2.00 bits per heavy atom. The highest BCUT2D eigenvalue weighted by molar-refractivity contribution is 6.06. The summed E-state index contributed by atoms with van der Waals surface area (Å²) < 4.78 is 0. The van der Waals surface area contributed by atoms with Gasteiger partial charge in [0, 0.05) is 6.04 Å². The summed E-state index contributed by atoms with van der Waals surface area (Å²) in [5.74, 6) is -1.37. The number of amides is 2. The van der Waals surface area contributed by atoms with Gasteiger partial charge in [-0.15, -0.1) is 0 Å². The van der Waals surface area contributed by atoms with Crippen LogP contribution in [0, 0.1) is 0 Å². The first-order chi connectivity index (χ1) is 8.50. The second kappa shape index (κ2) is 5.06. The molecule has 2 fully saturated rings. The van der Waals surface area contributed by atoms with E-state index in [1.54, 1.807) is 7.05 Å². The van der Waals surface area contributed by atoms with E-state index < -0.39 is 12.0 Å². The second-order valence-corrected chi connectivity index (χ2v) is 5.07. The van der Waals surface area contributed by atoms with Crippen molar-refractivity contribution in [1.29, 1.82) is 0 Å². The minimum Gasteiger partial charge on any atom is -0.480 e. The maximum atomic E-state index is 12.2. The number of carboxylic acid groups (broad SMARTS) is 1. The van der Waals surface area contributed by atoms with Crippen LogP contribution < -0.4 is 0 Å². The summed E-state index contributed by atoms with van der Waals surface area (Å²) in [6, 6.07) is -0.567. The zero-order chi connectivity index (χ0) is 13.3. The summed E-state index contributed by atoms with van der Waals surface area (Å²) in [5.41, 5.74) is 0. The van der Waals surface area contributed by atoms with Gasteiger partial charge in [-0.05, 0) is 19.9 Å². The molecule has 2 amide bonds. The molecule has 6 nitrogen and oxygen atoms in total. The molecular weight excluding hydrogens is 236 g/mol. The molecule has 1 N–H and O–H groups in total. The van der Waals surface area contributed by atoms with E-state index in [-0.39, 0.29) is 30.8 Å². The molecule has 18 heavy (non-hydrogen) atoms. The van der Waals surface area contributed by atoms with Crippen LogP contribution in [-0.2, 0) is 14.4 Å². The monoisotopic (exact) mass is 254 g/mol. The molecule has 0 radical (unpaired) electrons. The van der Waals surface area contributed by atoms with Crippen molar-refractivity contribution >= 4 is 17.8 Å². The van der Waals surface area contributed by atoms with Crippen LogP contribution in [0.1, 0.15) is 32.1 Å². The quantitative estimate of drug-likeness (QED) is 0.718. The van der Waals surface area contributed by atoms with Crippen LogP contribution in [-0.4, -0.2) is 58.4 Å². The van der Waals surface area contributed by atoms with Crippen molar-refractivity contribution in [3.63, 3.8) is 0 Å². The maximum absolute atomic E-state index is 12.2. The average Bonchev–Trinajstić information content (AvgIpc) is 2.85. The maximum Gasteiger partial charge on any atom is 0.317 e. The summed E-state index contributed by atoms with van der Waals surface area (Å²) in [6.45, 7) is -0.220. The zero-order valence-corrected chi connectivity index (χ0v) is 10.5. The topological polar surface area (TPSA) is 77.9 Å². The number of likely N-dealkylation sites (N-methyl/N-ethyl adjacent to an activating group) is 1. The number of carboxylic acids is 1. The molecule has 100 valence electrons. The Morgan fingerprint density at radius 3 is 2.56 bits per heavy atom. The molecule has 2 rings (SSSR count). The number of rotatable bonds is 4. The zero-order valence-electron chi connectivity index (χ0n) is 10.5. The molecule has 1 unspecified atom stereocenters. The molecule has 1 heterocycles. The minimum atomic E-state index is -0.989. The Bertz CT molecular complexity index is 376. The van der Waals surface area contributed by atoms with E-state index in [4.69, 9.17) is 5.11 Å². The van der Waals surface area contributed by atoms with E-state index in [1.807, 2.05) is 0 Å². The molecule has 2 aliphatic rings. The number of likely N-dealkylation sites (tertiary alicyclic amines) is 1. The summed E-state index contributed by atoms with van der Waals surface area (Å²) in [4.78, 5) is 37.6. The molecular formula is C12H18N2O4. The van der Waals surface area contributed by atoms with Gasteiger partial charge in [-0.3, -0.25) is 24.2 Å².